The molecule has 0 spiro atoms. The Labute approximate surface area is 98.2 Å². The average Bonchev–Trinajstić information content (AvgIpc) is 2.68. The van der Waals surface area contributed by atoms with E-state index in [1.165, 1.54) is 4.68 Å². The molecule has 2 N–H and O–H groups in total. The lowest BCUT2D eigenvalue weighted by Crippen LogP contribution is -2.09. The first-order valence-electron chi connectivity index (χ1n) is 5.48. The molecule has 7 heteroatoms. The van der Waals surface area contributed by atoms with Crippen molar-refractivity contribution in [3.8, 4) is 6.07 Å². The Balaban J connectivity index is 2.68. The molecule has 0 amide bonds. The Bertz CT molecular complexity index is 383. The quantitative estimate of drug-likeness (QED) is 0.734. The lowest BCUT2D eigenvalue weighted by Gasteiger charge is -2.06. The van der Waals surface area contributed by atoms with Gasteiger partial charge < -0.3 is 5.73 Å². The normalized spacial score (nSPS) is 10.8. The topological polar surface area (TPSA) is 80.5 Å². The van der Waals surface area contributed by atoms with E-state index in [0.29, 0.717) is 32.2 Å². The van der Waals surface area contributed by atoms with Crippen molar-refractivity contribution in [3.05, 3.63) is 11.4 Å². The van der Waals surface area contributed by atoms with Gasteiger partial charge in [-0.05, 0) is 19.4 Å². The molecule has 0 saturated heterocycles. The molecule has 0 aliphatic carbocycles. The van der Waals surface area contributed by atoms with E-state index < -0.39 is 6.43 Å². The zero-order chi connectivity index (χ0) is 12.7. The van der Waals surface area contributed by atoms with Crippen LogP contribution in [0.5, 0.6) is 0 Å². The van der Waals surface area contributed by atoms with E-state index in [4.69, 9.17) is 11.0 Å². The number of unbranched alkanes of at least 4 members (excludes halogenated alkanes) is 2. The van der Waals surface area contributed by atoms with Crippen LogP contribution in [0.4, 0.5) is 8.78 Å². The van der Waals surface area contributed by atoms with E-state index in [1.807, 2.05) is 6.07 Å². The Morgan fingerprint density at radius 1 is 1.41 bits per heavy atom. The van der Waals surface area contributed by atoms with E-state index >= 15 is 0 Å². The number of nitrogens with zero attached hydrogens (tertiary/aromatic N) is 4. The van der Waals surface area contributed by atoms with Crippen LogP contribution in [0.3, 0.4) is 0 Å². The molecule has 1 rings (SSSR count). The number of aromatic nitrogens is 3. The molecule has 0 bridgehead atoms. The van der Waals surface area contributed by atoms with Gasteiger partial charge in [0.2, 0.25) is 0 Å². The first-order valence-corrected chi connectivity index (χ1v) is 5.48. The van der Waals surface area contributed by atoms with Crippen molar-refractivity contribution < 1.29 is 8.78 Å². The highest BCUT2D eigenvalue weighted by molar-refractivity contribution is 5.12. The van der Waals surface area contributed by atoms with Gasteiger partial charge in [0, 0.05) is 19.4 Å². The summed E-state index contributed by atoms with van der Waals surface area (Å²) in [5.41, 5.74) is 5.44. The van der Waals surface area contributed by atoms with Crippen LogP contribution in [-0.4, -0.2) is 21.5 Å². The van der Waals surface area contributed by atoms with Crippen molar-refractivity contribution in [2.24, 2.45) is 5.73 Å². The van der Waals surface area contributed by atoms with Gasteiger partial charge in [0.25, 0.3) is 6.43 Å². The highest BCUT2D eigenvalue weighted by Crippen LogP contribution is 2.22. The molecule has 0 saturated carbocycles. The minimum absolute atomic E-state index is 0.146. The Kier molecular flexibility index (Phi) is 5.49. The summed E-state index contributed by atoms with van der Waals surface area (Å²) >= 11 is 0. The number of nitriles is 1. The number of alkyl halides is 2. The summed E-state index contributed by atoms with van der Waals surface area (Å²) in [4.78, 5) is 0. The van der Waals surface area contributed by atoms with E-state index in [2.05, 4.69) is 10.3 Å². The van der Waals surface area contributed by atoms with Crippen molar-refractivity contribution in [2.75, 3.05) is 6.54 Å². The Morgan fingerprint density at radius 2 is 2.18 bits per heavy atom. The Morgan fingerprint density at radius 3 is 2.76 bits per heavy atom. The maximum Gasteiger partial charge on any atom is 0.281 e. The zero-order valence-electron chi connectivity index (χ0n) is 9.44. The molecule has 1 heterocycles. The van der Waals surface area contributed by atoms with Gasteiger partial charge in [-0.2, -0.15) is 5.26 Å². The molecule has 94 valence electrons. The molecule has 17 heavy (non-hydrogen) atoms. The summed E-state index contributed by atoms with van der Waals surface area (Å²) in [6.07, 6.45) is -0.557. The lowest BCUT2D eigenvalue weighted by molar-refractivity contribution is 0.137. The fourth-order valence-corrected chi connectivity index (χ4v) is 1.54. The van der Waals surface area contributed by atoms with Crippen molar-refractivity contribution in [2.45, 2.75) is 38.7 Å². The van der Waals surface area contributed by atoms with Gasteiger partial charge in [0.05, 0.1) is 11.8 Å². The van der Waals surface area contributed by atoms with Gasteiger partial charge in [-0.25, -0.2) is 13.5 Å². The summed E-state index contributed by atoms with van der Waals surface area (Å²) in [7, 11) is 0. The molecule has 0 unspecified atom stereocenters. The number of nitrogens with two attached hydrogens (primary N) is 1. The first kappa shape index (κ1) is 13.5. The van der Waals surface area contributed by atoms with Gasteiger partial charge in [-0.15, -0.1) is 5.10 Å². The van der Waals surface area contributed by atoms with Gasteiger partial charge in [0.1, 0.15) is 5.69 Å². The maximum atomic E-state index is 12.8. The van der Waals surface area contributed by atoms with Crippen LogP contribution >= 0.6 is 0 Å². The average molecular weight is 243 g/mol. The van der Waals surface area contributed by atoms with Crippen LogP contribution < -0.4 is 5.73 Å². The van der Waals surface area contributed by atoms with Crippen molar-refractivity contribution in [1.82, 2.24) is 15.0 Å². The largest absolute Gasteiger partial charge is 0.330 e. The maximum absolute atomic E-state index is 12.8. The molecule has 1 aromatic heterocycles. The van der Waals surface area contributed by atoms with Gasteiger partial charge in [-0.3, -0.25) is 0 Å². The van der Waals surface area contributed by atoms with Gasteiger partial charge >= 0.3 is 0 Å². The van der Waals surface area contributed by atoms with Crippen molar-refractivity contribution >= 4 is 0 Å². The van der Waals surface area contributed by atoms with Crippen molar-refractivity contribution in [1.29, 1.82) is 5.26 Å². The van der Waals surface area contributed by atoms with Gasteiger partial charge in [0.15, 0.2) is 0 Å². The molecule has 1 aromatic rings. The number of hydrogen-bond donors (Lipinski definition) is 1. The monoisotopic (exact) mass is 243 g/mol. The predicted octanol–water partition coefficient (Wildman–Crippen LogP) is 1.41. The van der Waals surface area contributed by atoms with Crippen LogP contribution in [0.2, 0.25) is 0 Å². The fraction of sp³-hybridized carbons (Fsp3) is 0.700. The molecule has 0 fully saturated rings. The molecule has 5 nitrogen and oxygen atoms in total. The first-order chi connectivity index (χ1) is 8.20. The third kappa shape index (κ3) is 3.75. The highest BCUT2D eigenvalue weighted by Gasteiger charge is 2.20. The molecule has 0 aromatic carbocycles. The predicted molar refractivity (Wildman–Crippen MR) is 57.2 cm³/mol. The molecule has 0 aliphatic rings. The summed E-state index contributed by atoms with van der Waals surface area (Å²) in [6, 6.07) is 2.01. The number of hydrogen-bond acceptors (Lipinski definition) is 4. The van der Waals surface area contributed by atoms with E-state index in [1.54, 1.807) is 0 Å². The summed E-state index contributed by atoms with van der Waals surface area (Å²) < 4.78 is 26.9. The number of halogens is 2. The van der Waals surface area contributed by atoms with Crippen LogP contribution in [0.1, 0.15) is 37.1 Å². The van der Waals surface area contributed by atoms with Crippen LogP contribution in [0.15, 0.2) is 0 Å². The lowest BCUT2D eigenvalue weighted by atomic mass is 10.2. The van der Waals surface area contributed by atoms with E-state index in [9.17, 15) is 8.78 Å². The minimum Gasteiger partial charge on any atom is -0.330 e. The molecular weight excluding hydrogens is 228 g/mol. The number of aryl methyl sites for hydroxylation is 1. The summed E-state index contributed by atoms with van der Waals surface area (Å²) in [5, 5.41) is 15.8. The summed E-state index contributed by atoms with van der Waals surface area (Å²) in [5.74, 6) is 0. The van der Waals surface area contributed by atoms with Crippen molar-refractivity contribution in [3.63, 3.8) is 0 Å². The smallest absolute Gasteiger partial charge is 0.281 e. The SMILES string of the molecule is N#CCCCCn1nnc(CCN)c1C(F)F. The second kappa shape index (κ2) is 6.91. The third-order valence-corrected chi connectivity index (χ3v) is 2.34. The molecule has 0 atom stereocenters. The summed E-state index contributed by atoms with van der Waals surface area (Å²) in [6.45, 7) is 0.631. The minimum atomic E-state index is -2.59. The standard InChI is InChI=1S/C10H15F2N5/c11-10(12)9-8(4-6-14)15-16-17(9)7-3-1-2-5-13/h10H,1-4,6-7,14H2. The molecular formula is C10H15F2N5. The van der Waals surface area contributed by atoms with Gasteiger partial charge in [-0.1, -0.05) is 5.21 Å². The highest BCUT2D eigenvalue weighted by atomic mass is 19.3. The zero-order valence-corrected chi connectivity index (χ0v) is 9.44. The second-order valence-corrected chi connectivity index (χ2v) is 3.60. The van der Waals surface area contributed by atoms with Crippen LogP contribution in [-0.2, 0) is 13.0 Å². The van der Waals surface area contributed by atoms with E-state index in [0.717, 1.165) is 0 Å². The molecule has 0 aliphatic heterocycles. The number of rotatable bonds is 7. The third-order valence-electron chi connectivity index (χ3n) is 2.34. The van der Waals surface area contributed by atoms with E-state index in [-0.39, 0.29) is 17.9 Å². The molecule has 0 radical (unpaired) electrons. The van der Waals surface area contributed by atoms with Crippen LogP contribution in [0, 0.1) is 11.3 Å². The second-order valence-electron chi connectivity index (χ2n) is 3.60. The van der Waals surface area contributed by atoms with Crippen LogP contribution in [0.25, 0.3) is 0 Å². The fourth-order valence-electron chi connectivity index (χ4n) is 1.54. The Hall–Kier alpha value is -1.55.